The first-order valence-electron chi connectivity index (χ1n) is 6.25. The molecule has 0 aromatic carbocycles. The molecule has 2 aliphatic carbocycles. The van der Waals surface area contributed by atoms with Crippen LogP contribution in [0.4, 0.5) is 0 Å². The van der Waals surface area contributed by atoms with Crippen LogP contribution in [-0.2, 0) is 0 Å². The van der Waals surface area contributed by atoms with Crippen LogP contribution in [0.1, 0.15) is 44.9 Å². The van der Waals surface area contributed by atoms with Gasteiger partial charge >= 0.3 is 105 Å². The molecule has 0 spiro atoms. The van der Waals surface area contributed by atoms with Crippen LogP contribution in [0.15, 0.2) is 23.8 Å². The van der Waals surface area contributed by atoms with E-state index in [0.29, 0.717) is 21.2 Å². The van der Waals surface area contributed by atoms with E-state index in [1.54, 1.807) is 5.57 Å². The third kappa shape index (κ3) is 3.08. The van der Waals surface area contributed by atoms with Crippen LogP contribution in [0, 0.1) is 5.92 Å². The van der Waals surface area contributed by atoms with Crippen LogP contribution in [0.2, 0.25) is 0 Å². The van der Waals surface area contributed by atoms with Crippen molar-refractivity contribution in [1.82, 2.24) is 0 Å². The molecule has 86 valence electrons. The van der Waals surface area contributed by atoms with E-state index in [0.717, 1.165) is 9.84 Å². The molecule has 1 saturated carbocycles. The number of rotatable bonds is 3. The molecule has 0 heterocycles. The van der Waals surface area contributed by atoms with Gasteiger partial charge in [-0.3, -0.25) is 0 Å². The van der Waals surface area contributed by atoms with Gasteiger partial charge < -0.3 is 0 Å². The van der Waals surface area contributed by atoms with Crippen molar-refractivity contribution in [2.45, 2.75) is 48.9 Å². The molecule has 0 amide bonds. The molecule has 15 heavy (non-hydrogen) atoms. The molecule has 1 heteroatoms. The Labute approximate surface area is 104 Å². The summed E-state index contributed by atoms with van der Waals surface area (Å²) in [6.45, 7) is 0. The Morgan fingerprint density at radius 1 is 1.27 bits per heavy atom. The molecular formula is C14H22I-. The Balaban J connectivity index is 2.01. The van der Waals surface area contributed by atoms with Crippen molar-refractivity contribution in [1.29, 1.82) is 0 Å². The third-order valence-electron chi connectivity index (χ3n) is 3.70. The van der Waals surface area contributed by atoms with Gasteiger partial charge in [0.05, 0.1) is 0 Å². The molecule has 1 unspecified atom stereocenters. The fourth-order valence-electron chi connectivity index (χ4n) is 2.90. The van der Waals surface area contributed by atoms with Crippen LogP contribution < -0.4 is 21.2 Å². The van der Waals surface area contributed by atoms with Crippen molar-refractivity contribution in [3.63, 3.8) is 0 Å². The molecule has 1 fully saturated rings. The van der Waals surface area contributed by atoms with E-state index in [4.69, 9.17) is 0 Å². The molecule has 2 aliphatic rings. The number of hydrogen-bond acceptors (Lipinski definition) is 0. The Hall–Kier alpha value is 0.210. The van der Waals surface area contributed by atoms with E-state index in [1.165, 1.54) is 44.9 Å². The molecule has 0 aliphatic heterocycles. The summed E-state index contributed by atoms with van der Waals surface area (Å²) in [5.74, 6) is 1.05. The predicted octanol–water partition coefficient (Wildman–Crippen LogP) is 0.930. The van der Waals surface area contributed by atoms with Gasteiger partial charge in [-0.15, -0.1) is 0 Å². The summed E-state index contributed by atoms with van der Waals surface area (Å²) in [6.07, 6.45) is 17.2. The summed E-state index contributed by atoms with van der Waals surface area (Å²) < 4.78 is 1.01. The Kier molecular flexibility index (Phi) is 4.73. The number of hydrogen-bond donors (Lipinski definition) is 0. The zero-order valence-corrected chi connectivity index (χ0v) is 11.9. The van der Waals surface area contributed by atoms with Crippen molar-refractivity contribution in [2.24, 2.45) is 5.92 Å². The van der Waals surface area contributed by atoms with E-state index in [9.17, 15) is 0 Å². The second-order valence-electron chi connectivity index (χ2n) is 4.73. The van der Waals surface area contributed by atoms with Gasteiger partial charge in [0.2, 0.25) is 0 Å². The summed E-state index contributed by atoms with van der Waals surface area (Å²) in [6, 6.07) is 0. The minimum absolute atomic E-state index is 0.389. The molecule has 0 N–H and O–H groups in total. The molecule has 2 rings (SSSR count). The van der Waals surface area contributed by atoms with Gasteiger partial charge in [-0.05, 0) is 0 Å². The molecule has 0 saturated heterocycles. The normalized spacial score (nSPS) is 25.3. The number of halogens is 1. The maximum absolute atomic E-state index is 2.48. The van der Waals surface area contributed by atoms with E-state index < -0.39 is 0 Å². The summed E-state index contributed by atoms with van der Waals surface area (Å²) in [4.78, 5) is 2.48. The van der Waals surface area contributed by atoms with Gasteiger partial charge in [-0.2, -0.15) is 0 Å². The average Bonchev–Trinajstić information content (AvgIpc) is 2.33. The predicted molar refractivity (Wildman–Crippen MR) is 62.7 cm³/mol. The standard InChI is InChI=1S/C14H22I/c1-15-14(12-8-4-2-5-9-12)13-10-6-3-7-11-13/h2,4,8,13-14H,3,5-7,9-11H2,1H3/q-1. The van der Waals surface area contributed by atoms with Gasteiger partial charge in [-0.25, -0.2) is 0 Å². The first-order valence-corrected chi connectivity index (χ1v) is 9.65. The third-order valence-corrected chi connectivity index (χ3v) is 6.86. The second-order valence-corrected chi connectivity index (χ2v) is 7.31. The van der Waals surface area contributed by atoms with E-state index in [2.05, 4.69) is 23.2 Å². The monoisotopic (exact) mass is 317 g/mol. The first-order chi connectivity index (χ1) is 7.42. The van der Waals surface area contributed by atoms with Gasteiger partial charge in [-0.1, -0.05) is 0 Å². The van der Waals surface area contributed by atoms with Crippen molar-refractivity contribution >= 4 is 0 Å². The van der Waals surface area contributed by atoms with E-state index in [1.807, 2.05) is 0 Å². The molecule has 0 bridgehead atoms. The topological polar surface area (TPSA) is 0 Å². The minimum atomic E-state index is 0.389. The Bertz CT molecular complexity index is 246. The number of allylic oxidation sites excluding steroid dienone is 4. The van der Waals surface area contributed by atoms with Gasteiger partial charge in [0.1, 0.15) is 0 Å². The van der Waals surface area contributed by atoms with E-state index in [-0.39, 0.29) is 0 Å². The maximum atomic E-state index is 2.48. The van der Waals surface area contributed by atoms with Gasteiger partial charge in [0.15, 0.2) is 0 Å². The quantitative estimate of drug-likeness (QED) is 0.537. The van der Waals surface area contributed by atoms with Crippen molar-refractivity contribution in [2.75, 3.05) is 4.93 Å². The van der Waals surface area contributed by atoms with Crippen molar-refractivity contribution < 1.29 is 21.2 Å². The SMILES string of the molecule is C[I-]C(C1=CC=CCC1)C1CCCCC1. The molecule has 0 aromatic rings. The number of alkyl halides is 2. The Morgan fingerprint density at radius 3 is 2.67 bits per heavy atom. The van der Waals surface area contributed by atoms with Crippen molar-refractivity contribution in [3.8, 4) is 0 Å². The zero-order chi connectivity index (χ0) is 10.5. The van der Waals surface area contributed by atoms with Crippen LogP contribution in [0.3, 0.4) is 0 Å². The van der Waals surface area contributed by atoms with Crippen molar-refractivity contribution in [3.05, 3.63) is 23.8 Å². The molecule has 0 aromatic heterocycles. The Morgan fingerprint density at radius 2 is 2.07 bits per heavy atom. The van der Waals surface area contributed by atoms with Crippen LogP contribution in [0.25, 0.3) is 0 Å². The molecular weight excluding hydrogens is 295 g/mol. The zero-order valence-electron chi connectivity index (χ0n) is 9.71. The fraction of sp³-hybridized carbons (Fsp3) is 0.714. The van der Waals surface area contributed by atoms with Crippen LogP contribution in [0.5, 0.6) is 0 Å². The van der Waals surface area contributed by atoms with Gasteiger partial charge in [0, 0.05) is 0 Å². The average molecular weight is 317 g/mol. The van der Waals surface area contributed by atoms with Crippen LogP contribution in [-0.4, -0.2) is 8.86 Å². The van der Waals surface area contributed by atoms with Crippen LogP contribution >= 0.6 is 0 Å². The molecule has 0 nitrogen and oxygen atoms in total. The first kappa shape index (κ1) is 11.7. The molecule has 1 atom stereocenters. The summed E-state index contributed by atoms with van der Waals surface area (Å²) >= 11 is 0.389. The van der Waals surface area contributed by atoms with E-state index >= 15 is 0 Å². The second kappa shape index (κ2) is 6.07. The van der Waals surface area contributed by atoms with Gasteiger partial charge in [0.25, 0.3) is 0 Å². The molecule has 0 radical (unpaired) electrons. The summed E-state index contributed by atoms with van der Waals surface area (Å²) in [5, 5.41) is 0. The fourth-order valence-corrected chi connectivity index (χ4v) is 5.95. The summed E-state index contributed by atoms with van der Waals surface area (Å²) in [7, 11) is 0. The summed E-state index contributed by atoms with van der Waals surface area (Å²) in [5.41, 5.74) is 1.79.